The Morgan fingerprint density at radius 3 is 2.75 bits per heavy atom. The van der Waals surface area contributed by atoms with Gasteiger partial charge in [0.2, 0.25) is 0 Å². The van der Waals surface area contributed by atoms with E-state index in [-0.39, 0.29) is 37.7 Å². The second-order valence-corrected chi connectivity index (χ2v) is 10.6. The molecule has 0 aliphatic carbocycles. The zero-order valence-corrected chi connectivity index (χ0v) is 18.7. The molecule has 1 aromatic rings. The van der Waals surface area contributed by atoms with Gasteiger partial charge in [-0.2, -0.15) is 0 Å². The molecular weight excluding hydrogens is 436 g/mol. The number of amides is 2. The van der Waals surface area contributed by atoms with Crippen LogP contribution in [0, 0.1) is 23.7 Å². The molecule has 4 N–H and O–H groups in total. The van der Waals surface area contributed by atoms with Crippen LogP contribution in [0.3, 0.4) is 0 Å². The van der Waals surface area contributed by atoms with Crippen LogP contribution in [-0.2, 0) is 25.9 Å². The number of fused-ring (bicyclic) bond motifs is 1. The number of carbonyl (C=O) groups is 2. The number of nitrogens with two attached hydrogens (primary N) is 1. The Bertz CT molecular complexity index is 1130. The van der Waals surface area contributed by atoms with E-state index in [1.54, 1.807) is 12.3 Å². The Kier molecular flexibility index (Phi) is 6.96. The number of hydrogen-bond acceptors (Lipinski definition) is 7. The number of ether oxygens (including phenoxy) is 1. The number of aromatic nitrogens is 1. The maximum Gasteiger partial charge on any atom is 0.328 e. The Labute approximate surface area is 187 Å². The molecule has 0 spiro atoms. The molecule has 3 rings (SSSR count). The van der Waals surface area contributed by atoms with Gasteiger partial charge in [0.25, 0.3) is 5.91 Å². The fourth-order valence-electron chi connectivity index (χ4n) is 3.51. The smallest absolute Gasteiger partial charge is 0.328 e. The van der Waals surface area contributed by atoms with E-state index in [0.717, 1.165) is 19.1 Å². The molecule has 2 aliphatic rings. The van der Waals surface area contributed by atoms with E-state index in [4.69, 9.17) is 15.7 Å². The monoisotopic (exact) mass is 462 g/mol. The minimum Gasteiger partial charge on any atom is -0.364 e. The predicted molar refractivity (Wildman–Crippen MR) is 115 cm³/mol. The van der Waals surface area contributed by atoms with E-state index in [9.17, 15) is 18.0 Å². The van der Waals surface area contributed by atoms with E-state index in [1.807, 2.05) is 0 Å². The van der Waals surface area contributed by atoms with Gasteiger partial charge in [0, 0.05) is 36.3 Å². The summed E-state index contributed by atoms with van der Waals surface area (Å²) in [5.74, 6) is 10.4. The summed E-state index contributed by atoms with van der Waals surface area (Å²) in [5, 5.41) is 8.91. The Morgan fingerprint density at radius 1 is 1.41 bits per heavy atom. The predicted octanol–water partition coefficient (Wildman–Crippen LogP) is -0.168. The molecule has 32 heavy (non-hydrogen) atoms. The van der Waals surface area contributed by atoms with Crippen LogP contribution in [0.1, 0.15) is 37.4 Å². The van der Waals surface area contributed by atoms with E-state index in [0.29, 0.717) is 17.9 Å². The number of carbonyl (C=O) groups excluding carboxylic acids is 2. The highest BCUT2D eigenvalue weighted by molar-refractivity contribution is 7.92. The molecule has 0 aromatic carbocycles. The molecule has 0 saturated carbocycles. The van der Waals surface area contributed by atoms with Crippen molar-refractivity contribution in [1.82, 2.24) is 14.9 Å². The number of nitrogens with zero attached hydrogens (tertiary/aromatic N) is 2. The average Bonchev–Trinajstić information content (AvgIpc) is 3.27. The van der Waals surface area contributed by atoms with Crippen LogP contribution < -0.4 is 11.2 Å². The fourth-order valence-corrected chi connectivity index (χ4v) is 4.35. The summed E-state index contributed by atoms with van der Waals surface area (Å²) in [6.07, 6.45) is 3.83. The standard InChI is InChI=1S/C21H26N4O6S/c1-21(19(26)23-28,32(2,29)30)9-10-24-13-17-11-15(12-25(17)20(24)27)5-3-4-6-18-8-7-16(22)14-31-18/h11-12,16,18,28H,7-10,13-14,22H2,1-2H3,(H,23,26)/t16?,18?,21-/m1/s1. The molecule has 2 unspecified atom stereocenters. The molecule has 1 saturated heterocycles. The van der Waals surface area contributed by atoms with Gasteiger partial charge in [-0.15, -0.1) is 0 Å². The highest BCUT2D eigenvalue weighted by Gasteiger charge is 2.44. The normalized spacial score (nSPS) is 22.1. The van der Waals surface area contributed by atoms with Crippen molar-refractivity contribution in [2.45, 2.75) is 49.6 Å². The van der Waals surface area contributed by atoms with Crippen molar-refractivity contribution in [3.8, 4) is 23.7 Å². The first-order valence-corrected chi connectivity index (χ1v) is 12.0. The third kappa shape index (κ3) is 4.97. The SMILES string of the molecule is C[C@@](CCN1Cc2cc(C#CC#CC3CCC(N)CO3)cn2C1=O)(C(=O)NO)S(C)(=O)=O. The van der Waals surface area contributed by atoms with Gasteiger partial charge >= 0.3 is 6.03 Å². The first-order valence-electron chi connectivity index (χ1n) is 10.1. The first-order chi connectivity index (χ1) is 15.0. The number of nitrogens with one attached hydrogen (secondary N) is 1. The van der Waals surface area contributed by atoms with Crippen LogP contribution in [-0.4, -0.2) is 71.3 Å². The van der Waals surface area contributed by atoms with Gasteiger partial charge in [-0.05, 0) is 44.1 Å². The second kappa shape index (κ2) is 9.35. The van der Waals surface area contributed by atoms with Crippen molar-refractivity contribution >= 4 is 21.8 Å². The molecule has 0 radical (unpaired) electrons. The highest BCUT2D eigenvalue weighted by atomic mass is 32.2. The van der Waals surface area contributed by atoms with Crippen molar-refractivity contribution in [2.75, 3.05) is 19.4 Å². The third-order valence-corrected chi connectivity index (χ3v) is 7.83. The second-order valence-electron chi connectivity index (χ2n) is 8.17. The molecule has 3 atom stereocenters. The van der Waals surface area contributed by atoms with Gasteiger partial charge in [-0.1, -0.05) is 11.8 Å². The quantitative estimate of drug-likeness (QED) is 0.313. The van der Waals surface area contributed by atoms with Crippen molar-refractivity contribution < 1.29 is 28.0 Å². The maximum atomic E-state index is 12.7. The summed E-state index contributed by atoms with van der Waals surface area (Å²) in [7, 11) is -3.83. The summed E-state index contributed by atoms with van der Waals surface area (Å²) < 4.78 is 29.2. The summed E-state index contributed by atoms with van der Waals surface area (Å²) >= 11 is 0. The van der Waals surface area contributed by atoms with Crippen LogP contribution in [0.5, 0.6) is 0 Å². The summed E-state index contributed by atoms with van der Waals surface area (Å²) in [6, 6.07) is 1.48. The lowest BCUT2D eigenvalue weighted by Crippen LogP contribution is -2.50. The number of hydrogen-bond donors (Lipinski definition) is 3. The lowest BCUT2D eigenvalue weighted by molar-refractivity contribution is -0.131. The Morgan fingerprint density at radius 2 is 2.16 bits per heavy atom. The maximum absolute atomic E-state index is 12.7. The average molecular weight is 463 g/mol. The minimum atomic E-state index is -3.83. The third-order valence-electron chi connectivity index (χ3n) is 5.80. The summed E-state index contributed by atoms with van der Waals surface area (Å²) in [4.78, 5) is 26.0. The van der Waals surface area contributed by atoms with Gasteiger partial charge in [-0.3, -0.25) is 14.6 Å². The topological polar surface area (TPSA) is 144 Å². The summed E-state index contributed by atoms with van der Waals surface area (Å²) in [5.41, 5.74) is 8.51. The molecule has 10 nitrogen and oxygen atoms in total. The minimum absolute atomic E-state index is 0.0229. The molecule has 172 valence electrons. The molecular formula is C21H26N4O6S. The van der Waals surface area contributed by atoms with Crippen molar-refractivity contribution in [1.29, 1.82) is 0 Å². The van der Waals surface area contributed by atoms with Crippen molar-refractivity contribution in [3.05, 3.63) is 23.5 Å². The van der Waals surface area contributed by atoms with E-state index >= 15 is 0 Å². The molecule has 1 fully saturated rings. The van der Waals surface area contributed by atoms with Gasteiger partial charge in [0.1, 0.15) is 6.10 Å². The van der Waals surface area contributed by atoms with E-state index in [1.165, 1.54) is 21.9 Å². The number of sulfone groups is 1. The lowest BCUT2D eigenvalue weighted by Gasteiger charge is -2.27. The van der Waals surface area contributed by atoms with Crippen LogP contribution >= 0.6 is 0 Å². The number of rotatable bonds is 5. The molecule has 1 aromatic heterocycles. The molecule has 3 heterocycles. The van der Waals surface area contributed by atoms with E-state index < -0.39 is 20.5 Å². The van der Waals surface area contributed by atoms with Crippen LogP contribution in [0.15, 0.2) is 12.3 Å². The van der Waals surface area contributed by atoms with Crippen LogP contribution in [0.4, 0.5) is 4.79 Å². The largest absolute Gasteiger partial charge is 0.364 e. The fraction of sp³-hybridized carbons (Fsp3) is 0.524. The van der Waals surface area contributed by atoms with Gasteiger partial charge < -0.3 is 15.4 Å². The zero-order chi connectivity index (χ0) is 23.5. The first kappa shape index (κ1) is 23.8. The van der Waals surface area contributed by atoms with Crippen molar-refractivity contribution in [3.63, 3.8) is 0 Å². The van der Waals surface area contributed by atoms with Gasteiger partial charge in [0.15, 0.2) is 14.6 Å². The summed E-state index contributed by atoms with van der Waals surface area (Å²) in [6.45, 7) is 1.99. The molecule has 2 amide bonds. The molecule has 11 heteroatoms. The van der Waals surface area contributed by atoms with Gasteiger partial charge in [0.05, 0.1) is 13.2 Å². The van der Waals surface area contributed by atoms with Crippen LogP contribution in [0.2, 0.25) is 0 Å². The van der Waals surface area contributed by atoms with Crippen molar-refractivity contribution in [2.24, 2.45) is 5.73 Å². The molecule has 2 aliphatic heterocycles. The Balaban J connectivity index is 1.62. The highest BCUT2D eigenvalue weighted by Crippen LogP contribution is 2.25. The van der Waals surface area contributed by atoms with E-state index in [2.05, 4.69) is 23.7 Å². The number of hydroxylamine groups is 1. The zero-order valence-electron chi connectivity index (χ0n) is 17.9. The van der Waals surface area contributed by atoms with Gasteiger partial charge in [-0.25, -0.2) is 18.7 Å². The van der Waals surface area contributed by atoms with Crippen LogP contribution in [0.25, 0.3) is 0 Å². The lowest BCUT2D eigenvalue weighted by atomic mass is 10.1. The Hall–Kier alpha value is -2.83. The molecule has 0 bridgehead atoms.